The van der Waals surface area contributed by atoms with Crippen molar-refractivity contribution in [2.75, 3.05) is 11.9 Å². The van der Waals surface area contributed by atoms with Crippen LogP contribution in [0.5, 0.6) is 0 Å². The number of carbonyl (C=O) groups is 1. The zero-order valence-electron chi connectivity index (χ0n) is 15.4. The van der Waals surface area contributed by atoms with Crippen LogP contribution in [0.3, 0.4) is 0 Å². The van der Waals surface area contributed by atoms with Crippen molar-refractivity contribution in [2.24, 2.45) is 18.9 Å². The molecule has 140 valence electrons. The SMILES string of the molecule is Cn1cncc1-c1ccc2cnc(NC(=O)[C@H]3CC[C@H](CO)CC3)cc2c1. The fourth-order valence-corrected chi connectivity index (χ4v) is 3.84. The summed E-state index contributed by atoms with van der Waals surface area (Å²) in [6, 6.07) is 8.11. The first-order valence-corrected chi connectivity index (χ1v) is 9.42. The van der Waals surface area contributed by atoms with Crippen molar-refractivity contribution in [3.8, 4) is 11.3 Å². The Balaban J connectivity index is 1.52. The van der Waals surface area contributed by atoms with Crippen molar-refractivity contribution in [1.82, 2.24) is 14.5 Å². The lowest BCUT2D eigenvalue weighted by Crippen LogP contribution is -2.28. The van der Waals surface area contributed by atoms with E-state index in [2.05, 4.69) is 27.4 Å². The number of nitrogens with one attached hydrogen (secondary N) is 1. The predicted octanol–water partition coefficient (Wildman–Crippen LogP) is 3.37. The number of amides is 1. The van der Waals surface area contributed by atoms with Crippen LogP contribution in [0.1, 0.15) is 25.7 Å². The van der Waals surface area contributed by atoms with Crippen molar-refractivity contribution in [2.45, 2.75) is 25.7 Å². The Kier molecular flexibility index (Phi) is 4.90. The molecule has 27 heavy (non-hydrogen) atoms. The van der Waals surface area contributed by atoms with Crippen LogP contribution in [-0.2, 0) is 11.8 Å². The molecule has 4 rings (SSSR count). The van der Waals surface area contributed by atoms with Gasteiger partial charge in [0.15, 0.2) is 0 Å². The molecule has 2 aromatic heterocycles. The summed E-state index contributed by atoms with van der Waals surface area (Å²) in [5.41, 5.74) is 2.12. The van der Waals surface area contributed by atoms with Crippen LogP contribution in [0, 0.1) is 11.8 Å². The second-order valence-electron chi connectivity index (χ2n) is 7.41. The number of nitrogens with zero attached hydrogens (tertiary/aromatic N) is 3. The topological polar surface area (TPSA) is 80.0 Å². The first-order chi connectivity index (χ1) is 13.1. The molecular formula is C21H24N4O2. The molecule has 0 atom stereocenters. The fourth-order valence-electron chi connectivity index (χ4n) is 3.84. The maximum absolute atomic E-state index is 12.6. The summed E-state index contributed by atoms with van der Waals surface area (Å²) in [4.78, 5) is 21.1. The minimum atomic E-state index is 0.00562. The van der Waals surface area contributed by atoms with Gasteiger partial charge in [0.05, 0.1) is 18.2 Å². The van der Waals surface area contributed by atoms with Gasteiger partial charge in [0.2, 0.25) is 5.91 Å². The molecule has 0 bridgehead atoms. The van der Waals surface area contributed by atoms with Gasteiger partial charge in [-0.1, -0.05) is 12.1 Å². The molecule has 1 fully saturated rings. The first-order valence-electron chi connectivity index (χ1n) is 9.42. The number of rotatable bonds is 4. The third-order valence-electron chi connectivity index (χ3n) is 5.56. The highest BCUT2D eigenvalue weighted by molar-refractivity contribution is 5.95. The van der Waals surface area contributed by atoms with E-state index in [9.17, 15) is 9.90 Å². The lowest BCUT2D eigenvalue weighted by atomic mass is 9.82. The quantitative estimate of drug-likeness (QED) is 0.744. The Morgan fingerprint density at radius 1 is 1.19 bits per heavy atom. The van der Waals surface area contributed by atoms with E-state index in [-0.39, 0.29) is 18.4 Å². The number of aryl methyl sites for hydroxylation is 1. The van der Waals surface area contributed by atoms with E-state index in [1.54, 1.807) is 12.5 Å². The van der Waals surface area contributed by atoms with E-state index in [0.29, 0.717) is 11.7 Å². The van der Waals surface area contributed by atoms with Crippen LogP contribution in [0.15, 0.2) is 43.0 Å². The summed E-state index contributed by atoms with van der Waals surface area (Å²) in [6.45, 7) is 0.222. The number of aliphatic hydroxyl groups excluding tert-OH is 1. The smallest absolute Gasteiger partial charge is 0.228 e. The van der Waals surface area contributed by atoms with Crippen molar-refractivity contribution in [1.29, 1.82) is 0 Å². The van der Waals surface area contributed by atoms with Crippen molar-refractivity contribution < 1.29 is 9.90 Å². The van der Waals surface area contributed by atoms with E-state index < -0.39 is 0 Å². The number of hydrogen-bond acceptors (Lipinski definition) is 4. The molecule has 6 nitrogen and oxygen atoms in total. The normalized spacial score (nSPS) is 19.9. The molecule has 0 saturated heterocycles. The monoisotopic (exact) mass is 364 g/mol. The van der Waals surface area contributed by atoms with E-state index >= 15 is 0 Å². The highest BCUT2D eigenvalue weighted by atomic mass is 16.3. The van der Waals surface area contributed by atoms with Crippen LogP contribution >= 0.6 is 0 Å². The maximum atomic E-state index is 12.6. The van der Waals surface area contributed by atoms with Crippen LogP contribution in [0.25, 0.3) is 22.0 Å². The van der Waals surface area contributed by atoms with Crippen LogP contribution < -0.4 is 5.32 Å². The number of aromatic nitrogens is 3. The Morgan fingerprint density at radius 2 is 2.00 bits per heavy atom. The lowest BCUT2D eigenvalue weighted by Gasteiger charge is -2.26. The molecule has 2 heterocycles. The first kappa shape index (κ1) is 17.7. The number of aliphatic hydroxyl groups is 1. The number of hydrogen-bond donors (Lipinski definition) is 2. The van der Waals surface area contributed by atoms with E-state index in [4.69, 9.17) is 0 Å². The minimum absolute atomic E-state index is 0.00562. The van der Waals surface area contributed by atoms with Crippen LogP contribution in [0.4, 0.5) is 5.82 Å². The second-order valence-corrected chi connectivity index (χ2v) is 7.41. The maximum Gasteiger partial charge on any atom is 0.228 e. The van der Waals surface area contributed by atoms with E-state index in [0.717, 1.165) is 47.7 Å². The minimum Gasteiger partial charge on any atom is -0.396 e. The molecular weight excluding hydrogens is 340 g/mol. The van der Waals surface area contributed by atoms with Gasteiger partial charge in [0, 0.05) is 36.7 Å². The summed E-state index contributed by atoms with van der Waals surface area (Å²) < 4.78 is 1.98. The third-order valence-corrected chi connectivity index (χ3v) is 5.56. The second kappa shape index (κ2) is 7.48. The van der Waals surface area contributed by atoms with Gasteiger partial charge in [0.25, 0.3) is 0 Å². The van der Waals surface area contributed by atoms with Crippen molar-refractivity contribution in [3.63, 3.8) is 0 Å². The summed E-state index contributed by atoms with van der Waals surface area (Å²) >= 11 is 0. The van der Waals surface area contributed by atoms with Gasteiger partial charge in [0.1, 0.15) is 5.82 Å². The molecule has 1 saturated carbocycles. The molecule has 1 amide bonds. The molecule has 6 heteroatoms. The van der Waals surface area contributed by atoms with Gasteiger partial charge in [-0.25, -0.2) is 9.97 Å². The average molecular weight is 364 g/mol. The molecule has 0 radical (unpaired) electrons. The lowest BCUT2D eigenvalue weighted by molar-refractivity contribution is -0.121. The molecule has 3 aromatic rings. The van der Waals surface area contributed by atoms with E-state index in [1.807, 2.05) is 29.9 Å². The highest BCUT2D eigenvalue weighted by Gasteiger charge is 2.26. The largest absolute Gasteiger partial charge is 0.396 e. The Bertz CT molecular complexity index is 958. The van der Waals surface area contributed by atoms with Crippen LogP contribution in [-0.4, -0.2) is 32.2 Å². The van der Waals surface area contributed by atoms with Crippen molar-refractivity contribution >= 4 is 22.5 Å². The molecule has 2 N–H and O–H groups in total. The number of benzene rings is 1. The molecule has 0 aliphatic heterocycles. The number of imidazole rings is 1. The predicted molar refractivity (Wildman–Crippen MR) is 105 cm³/mol. The van der Waals surface area contributed by atoms with Crippen LogP contribution in [0.2, 0.25) is 0 Å². The standard InChI is InChI=1S/C21H24N4O2/c1-25-13-22-11-19(25)16-6-7-17-10-23-20(9-18(17)8-16)24-21(27)15-4-2-14(12-26)3-5-15/h6-11,13-15,26H,2-5,12H2,1H3,(H,23,24,27)/t14-,15-. The molecule has 0 spiro atoms. The van der Waals surface area contributed by atoms with Gasteiger partial charge in [-0.2, -0.15) is 0 Å². The zero-order valence-corrected chi connectivity index (χ0v) is 15.4. The molecule has 1 aliphatic rings. The van der Waals surface area contributed by atoms with Gasteiger partial charge in [-0.3, -0.25) is 4.79 Å². The number of pyridine rings is 1. The molecule has 1 aliphatic carbocycles. The third kappa shape index (κ3) is 3.71. The number of carbonyl (C=O) groups excluding carboxylic acids is 1. The zero-order chi connectivity index (χ0) is 18.8. The van der Waals surface area contributed by atoms with Crippen molar-refractivity contribution in [3.05, 3.63) is 43.0 Å². The van der Waals surface area contributed by atoms with Gasteiger partial charge in [-0.05, 0) is 49.1 Å². The summed E-state index contributed by atoms with van der Waals surface area (Å²) in [5, 5.41) is 14.3. The summed E-state index contributed by atoms with van der Waals surface area (Å²) in [7, 11) is 1.97. The summed E-state index contributed by atoms with van der Waals surface area (Å²) in [6.07, 6.45) is 8.89. The van der Waals surface area contributed by atoms with Gasteiger partial charge < -0.3 is 15.0 Å². The van der Waals surface area contributed by atoms with E-state index in [1.165, 1.54) is 0 Å². The highest BCUT2D eigenvalue weighted by Crippen LogP contribution is 2.30. The Morgan fingerprint density at radius 3 is 2.70 bits per heavy atom. The fraction of sp³-hybridized carbons (Fsp3) is 0.381. The molecule has 1 aromatic carbocycles. The Hall–Kier alpha value is -2.73. The Labute approximate surface area is 158 Å². The number of fused-ring (bicyclic) bond motifs is 1. The molecule has 0 unspecified atom stereocenters. The average Bonchev–Trinajstić information content (AvgIpc) is 3.13. The van der Waals surface area contributed by atoms with Gasteiger partial charge >= 0.3 is 0 Å². The summed E-state index contributed by atoms with van der Waals surface area (Å²) in [5.74, 6) is 0.962. The van der Waals surface area contributed by atoms with Gasteiger partial charge in [-0.15, -0.1) is 0 Å². The number of anilines is 1.